The third kappa shape index (κ3) is 4.45. The molecule has 4 nitrogen and oxygen atoms in total. The lowest BCUT2D eigenvalue weighted by Crippen LogP contribution is -2.25. The van der Waals surface area contributed by atoms with Gasteiger partial charge in [-0.15, -0.1) is 0 Å². The molecule has 0 N–H and O–H groups in total. The number of benzene rings is 1. The molecule has 0 aromatic heterocycles. The largest absolute Gasteiger partial charge is 0.488 e. The van der Waals surface area contributed by atoms with Crippen LogP contribution >= 0.6 is 15.9 Å². The monoisotopic (exact) mass is 297 g/mol. The summed E-state index contributed by atoms with van der Waals surface area (Å²) in [6.07, 6.45) is -0.362. The minimum Gasteiger partial charge on any atom is -0.488 e. The zero-order chi connectivity index (χ0) is 12.7. The molecule has 5 heteroatoms. The van der Waals surface area contributed by atoms with Gasteiger partial charge in [0.15, 0.2) is 0 Å². The molecule has 1 atom stereocenters. The number of nitrogens with zero attached hydrogens (tertiary/aromatic N) is 1. The molecule has 17 heavy (non-hydrogen) atoms. The molecule has 1 aromatic rings. The number of hydrogen-bond donors (Lipinski definition) is 0. The number of carbonyl (C=O) groups is 1. The summed E-state index contributed by atoms with van der Waals surface area (Å²) < 4.78 is 10.5. The fourth-order valence-electron chi connectivity index (χ4n) is 1.21. The molecule has 0 heterocycles. The van der Waals surface area contributed by atoms with E-state index >= 15 is 0 Å². The predicted molar refractivity (Wildman–Crippen MR) is 66.0 cm³/mol. The van der Waals surface area contributed by atoms with Crippen LogP contribution in [0.4, 0.5) is 0 Å². The number of rotatable bonds is 5. The summed E-state index contributed by atoms with van der Waals surface area (Å²) in [4.78, 5) is 10.8. The number of nitriles is 1. The Kier molecular flexibility index (Phi) is 5.50. The SMILES string of the molecule is CC(=O)OC(CBr)COc1ccccc1C#N. The smallest absolute Gasteiger partial charge is 0.303 e. The average molecular weight is 298 g/mol. The summed E-state index contributed by atoms with van der Waals surface area (Å²) in [5.74, 6) is 0.139. The fourth-order valence-corrected chi connectivity index (χ4v) is 1.53. The van der Waals surface area contributed by atoms with Crippen molar-refractivity contribution >= 4 is 21.9 Å². The third-order valence-electron chi connectivity index (χ3n) is 1.94. The van der Waals surface area contributed by atoms with Crippen LogP contribution in [0.3, 0.4) is 0 Å². The normalized spacial score (nSPS) is 11.4. The Labute approximate surface area is 108 Å². The molecule has 0 aliphatic rings. The van der Waals surface area contributed by atoms with Crippen molar-refractivity contribution in [3.05, 3.63) is 29.8 Å². The molecule has 0 spiro atoms. The van der Waals surface area contributed by atoms with E-state index in [-0.39, 0.29) is 18.7 Å². The first-order valence-corrected chi connectivity index (χ1v) is 6.14. The van der Waals surface area contributed by atoms with Crippen molar-refractivity contribution in [1.29, 1.82) is 5.26 Å². The molecule has 1 aromatic carbocycles. The number of para-hydroxylation sites is 1. The lowest BCUT2D eigenvalue weighted by Gasteiger charge is -2.15. The number of hydrogen-bond acceptors (Lipinski definition) is 4. The van der Waals surface area contributed by atoms with E-state index < -0.39 is 0 Å². The third-order valence-corrected chi connectivity index (χ3v) is 2.66. The van der Waals surface area contributed by atoms with E-state index in [0.717, 1.165) is 0 Å². The maximum atomic E-state index is 10.8. The van der Waals surface area contributed by atoms with Gasteiger partial charge < -0.3 is 9.47 Å². The van der Waals surface area contributed by atoms with Crippen LogP contribution in [0.25, 0.3) is 0 Å². The van der Waals surface area contributed by atoms with Crippen molar-refractivity contribution in [2.45, 2.75) is 13.0 Å². The standard InChI is InChI=1S/C12H12BrNO3/c1-9(15)17-11(6-13)8-16-12-5-3-2-4-10(12)7-14/h2-5,11H,6,8H2,1H3. The van der Waals surface area contributed by atoms with E-state index in [1.54, 1.807) is 24.3 Å². The minimum atomic E-state index is -0.362. The first kappa shape index (κ1) is 13.5. The summed E-state index contributed by atoms with van der Waals surface area (Å²) in [7, 11) is 0. The van der Waals surface area contributed by atoms with Crippen LogP contribution in [0.1, 0.15) is 12.5 Å². The van der Waals surface area contributed by atoms with Crippen LogP contribution in [0.15, 0.2) is 24.3 Å². The van der Waals surface area contributed by atoms with E-state index in [1.165, 1.54) is 6.92 Å². The van der Waals surface area contributed by atoms with Crippen molar-refractivity contribution in [3.8, 4) is 11.8 Å². The highest BCUT2D eigenvalue weighted by atomic mass is 79.9. The van der Waals surface area contributed by atoms with Crippen LogP contribution in [0.5, 0.6) is 5.75 Å². The number of carbonyl (C=O) groups excluding carboxylic acids is 1. The average Bonchev–Trinajstić information content (AvgIpc) is 2.34. The second kappa shape index (κ2) is 6.92. The molecule has 0 amide bonds. The van der Waals surface area contributed by atoms with Crippen molar-refractivity contribution in [3.63, 3.8) is 0 Å². The molecule has 0 saturated heterocycles. The number of halogens is 1. The lowest BCUT2D eigenvalue weighted by molar-refractivity contribution is -0.146. The van der Waals surface area contributed by atoms with Crippen LogP contribution in [0.2, 0.25) is 0 Å². The van der Waals surface area contributed by atoms with Crippen LogP contribution in [-0.2, 0) is 9.53 Å². The molecular formula is C12H12BrNO3. The topological polar surface area (TPSA) is 59.3 Å². The number of alkyl halides is 1. The van der Waals surface area contributed by atoms with Gasteiger partial charge >= 0.3 is 5.97 Å². The van der Waals surface area contributed by atoms with Gasteiger partial charge in [-0.05, 0) is 12.1 Å². The van der Waals surface area contributed by atoms with Gasteiger partial charge in [-0.25, -0.2) is 0 Å². The van der Waals surface area contributed by atoms with Gasteiger partial charge in [0, 0.05) is 12.3 Å². The minimum absolute atomic E-state index is 0.212. The van der Waals surface area contributed by atoms with Gasteiger partial charge in [0.2, 0.25) is 0 Å². The predicted octanol–water partition coefficient (Wildman–Crippen LogP) is 2.26. The second-order valence-corrected chi connectivity index (χ2v) is 3.95. The van der Waals surface area contributed by atoms with Crippen molar-refractivity contribution in [1.82, 2.24) is 0 Å². The molecule has 90 valence electrons. The van der Waals surface area contributed by atoms with E-state index in [9.17, 15) is 4.79 Å². The number of esters is 1. The van der Waals surface area contributed by atoms with Gasteiger partial charge in [0.25, 0.3) is 0 Å². The Morgan fingerprint density at radius 1 is 1.53 bits per heavy atom. The molecule has 1 rings (SSSR count). The quantitative estimate of drug-likeness (QED) is 0.618. The first-order chi connectivity index (χ1) is 8.17. The Hall–Kier alpha value is -1.54. The maximum Gasteiger partial charge on any atom is 0.303 e. The van der Waals surface area contributed by atoms with E-state index in [0.29, 0.717) is 16.6 Å². The van der Waals surface area contributed by atoms with Crippen LogP contribution < -0.4 is 4.74 Å². The summed E-state index contributed by atoms with van der Waals surface area (Å²) in [6.45, 7) is 1.56. The molecule has 0 aliphatic heterocycles. The van der Waals surface area contributed by atoms with Gasteiger partial charge in [-0.3, -0.25) is 4.79 Å². The van der Waals surface area contributed by atoms with Gasteiger partial charge in [-0.1, -0.05) is 28.1 Å². The van der Waals surface area contributed by atoms with E-state index in [1.807, 2.05) is 6.07 Å². The van der Waals surface area contributed by atoms with Crippen molar-refractivity contribution in [2.24, 2.45) is 0 Å². The first-order valence-electron chi connectivity index (χ1n) is 5.02. The Morgan fingerprint density at radius 3 is 2.82 bits per heavy atom. The Bertz CT molecular complexity index is 428. The Balaban J connectivity index is 2.60. The van der Waals surface area contributed by atoms with Crippen LogP contribution in [-0.4, -0.2) is 24.0 Å². The second-order valence-electron chi connectivity index (χ2n) is 3.30. The zero-order valence-corrected chi connectivity index (χ0v) is 10.9. The summed E-state index contributed by atoms with van der Waals surface area (Å²) in [6, 6.07) is 8.96. The summed E-state index contributed by atoms with van der Waals surface area (Å²) in [5, 5.41) is 9.35. The van der Waals surface area contributed by atoms with Crippen molar-refractivity contribution < 1.29 is 14.3 Å². The summed E-state index contributed by atoms with van der Waals surface area (Å²) >= 11 is 3.23. The van der Waals surface area contributed by atoms with E-state index in [2.05, 4.69) is 15.9 Å². The molecule has 0 aliphatic carbocycles. The molecule has 0 radical (unpaired) electrons. The fraction of sp³-hybridized carbons (Fsp3) is 0.333. The molecule has 0 fully saturated rings. The van der Waals surface area contributed by atoms with Gasteiger partial charge in [0.1, 0.15) is 24.5 Å². The lowest BCUT2D eigenvalue weighted by atomic mass is 10.2. The summed E-state index contributed by atoms with van der Waals surface area (Å²) in [5.41, 5.74) is 0.462. The molecule has 1 unspecified atom stereocenters. The molecular weight excluding hydrogens is 286 g/mol. The highest BCUT2D eigenvalue weighted by Gasteiger charge is 2.12. The van der Waals surface area contributed by atoms with Gasteiger partial charge in [-0.2, -0.15) is 5.26 Å². The zero-order valence-electron chi connectivity index (χ0n) is 9.35. The highest BCUT2D eigenvalue weighted by Crippen LogP contribution is 2.17. The number of ether oxygens (including phenoxy) is 2. The molecule has 0 saturated carbocycles. The maximum absolute atomic E-state index is 10.8. The Morgan fingerprint density at radius 2 is 2.24 bits per heavy atom. The van der Waals surface area contributed by atoms with E-state index in [4.69, 9.17) is 14.7 Å². The van der Waals surface area contributed by atoms with Crippen LogP contribution in [0, 0.1) is 11.3 Å². The van der Waals surface area contributed by atoms with Gasteiger partial charge in [0.05, 0.1) is 5.56 Å². The van der Waals surface area contributed by atoms with Crippen molar-refractivity contribution in [2.75, 3.05) is 11.9 Å². The molecule has 0 bridgehead atoms. The highest BCUT2D eigenvalue weighted by molar-refractivity contribution is 9.09.